The molecule has 0 radical (unpaired) electrons. The van der Waals surface area contributed by atoms with Gasteiger partial charge in [-0.15, -0.1) is 9.42 Å². The van der Waals surface area contributed by atoms with E-state index in [4.69, 9.17) is 19.1 Å². The maximum absolute atomic E-state index is 12.3. The lowest BCUT2D eigenvalue weighted by molar-refractivity contribution is -0.137. The van der Waals surface area contributed by atoms with Crippen LogP contribution in [-0.2, 0) is 28.2 Å². The Hall–Kier alpha value is -2.48. The summed E-state index contributed by atoms with van der Waals surface area (Å²) in [7, 11) is -3.03. The van der Waals surface area contributed by atoms with Crippen LogP contribution >= 0.6 is 8.25 Å². The number of carboxylic acid groups (broad SMARTS) is 1. The van der Waals surface area contributed by atoms with Crippen molar-refractivity contribution in [1.82, 2.24) is 14.9 Å². The Kier molecular flexibility index (Phi) is 22.1. The summed E-state index contributed by atoms with van der Waals surface area (Å²) in [6.45, 7) is 0.321. The van der Waals surface area contributed by atoms with E-state index >= 15 is 0 Å². The second-order valence-corrected chi connectivity index (χ2v) is 13.2. The molecule has 1 aromatic rings. The number of carboxylic acids is 1. The summed E-state index contributed by atoms with van der Waals surface area (Å²) in [4.78, 5) is 57.9. The summed E-state index contributed by atoms with van der Waals surface area (Å²) in [5, 5.41) is 21.3. The highest BCUT2D eigenvalue weighted by atomic mass is 31.1. The van der Waals surface area contributed by atoms with Gasteiger partial charge in [-0.05, 0) is 25.7 Å². The maximum atomic E-state index is 12.3. The minimum Gasteiger partial charge on any atom is -0.481 e. The zero-order chi connectivity index (χ0) is 35.0. The van der Waals surface area contributed by atoms with E-state index in [0.29, 0.717) is 19.4 Å². The van der Waals surface area contributed by atoms with E-state index in [1.54, 1.807) is 0 Å². The van der Waals surface area contributed by atoms with Crippen LogP contribution in [0.4, 0.5) is 0 Å². The predicted octanol–water partition coefficient (Wildman–Crippen LogP) is 4.85. The van der Waals surface area contributed by atoms with Crippen molar-refractivity contribution in [2.24, 2.45) is 0 Å². The molecule has 1 saturated heterocycles. The lowest BCUT2D eigenvalue weighted by Gasteiger charge is -2.22. The maximum Gasteiger partial charge on any atom is 0.695 e. The van der Waals surface area contributed by atoms with Crippen molar-refractivity contribution in [1.29, 1.82) is 0 Å². The highest BCUT2D eigenvalue weighted by Crippen LogP contribution is 2.37. The van der Waals surface area contributed by atoms with E-state index in [1.165, 1.54) is 57.6 Å². The first-order valence-corrected chi connectivity index (χ1v) is 18.9. The highest BCUT2D eigenvalue weighted by Gasteiger charge is 2.51. The van der Waals surface area contributed by atoms with Crippen LogP contribution in [0.5, 0.6) is 0 Å². The Morgan fingerprint density at radius 1 is 0.833 bits per heavy atom. The molecular formula is C33H57N3O11P+. The molecule has 0 aromatic carbocycles. The minimum atomic E-state index is -3.03. The van der Waals surface area contributed by atoms with Crippen LogP contribution in [0.3, 0.4) is 0 Å². The second-order valence-electron chi connectivity index (χ2n) is 12.5. The van der Waals surface area contributed by atoms with Gasteiger partial charge in [-0.3, -0.25) is 23.9 Å². The minimum absolute atomic E-state index is 0.0803. The molecule has 5 unspecified atom stereocenters. The summed E-state index contributed by atoms with van der Waals surface area (Å²) in [6.07, 6.45) is 17.1. The van der Waals surface area contributed by atoms with E-state index < -0.39 is 56.6 Å². The van der Waals surface area contributed by atoms with Crippen LogP contribution in [0.25, 0.3) is 0 Å². The molecule has 1 aliphatic heterocycles. The van der Waals surface area contributed by atoms with Gasteiger partial charge in [0.2, 0.25) is 5.91 Å². The van der Waals surface area contributed by atoms with Crippen molar-refractivity contribution >= 4 is 20.1 Å². The summed E-state index contributed by atoms with van der Waals surface area (Å²) < 4.78 is 29.2. The highest BCUT2D eigenvalue weighted by molar-refractivity contribution is 7.32. The van der Waals surface area contributed by atoms with Crippen molar-refractivity contribution in [3.63, 3.8) is 0 Å². The summed E-state index contributed by atoms with van der Waals surface area (Å²) >= 11 is 0. The number of nitrogens with one attached hydrogen (secondary N) is 2. The Balaban J connectivity index is 1.47. The number of hydrogen-bond donors (Lipinski definition) is 5. The fourth-order valence-corrected chi connectivity index (χ4v) is 6.38. The molecule has 0 bridgehead atoms. The van der Waals surface area contributed by atoms with Gasteiger partial charge in [0.15, 0.2) is 12.3 Å². The van der Waals surface area contributed by atoms with Gasteiger partial charge in [-0.1, -0.05) is 89.9 Å². The standard InChI is InChI=1S/C33H56N3O11P/c37-25-26-30(47-48(43)44)31(32(46-26)36-23-21-28(39)35-33(36)42)45-24-18-14-13-17-22-34-27(38)19-15-11-9-7-5-3-1-2-4-6-8-10-12-16-20-29(40)41/h21,23,26,30-32,37H,1-20,22,24-25H2,(H3-,34,35,38,39,40,41,42,43,44)/p+1. The third-order valence-corrected chi connectivity index (χ3v) is 8.97. The van der Waals surface area contributed by atoms with Crippen LogP contribution < -0.4 is 16.6 Å². The van der Waals surface area contributed by atoms with Gasteiger partial charge in [0.1, 0.15) is 12.2 Å². The molecule has 274 valence electrons. The van der Waals surface area contributed by atoms with Crippen LogP contribution in [0.15, 0.2) is 21.9 Å². The topological polar surface area (TPSA) is 206 Å². The Labute approximate surface area is 283 Å². The van der Waals surface area contributed by atoms with Crippen LogP contribution in [0, 0.1) is 0 Å². The first-order valence-electron chi connectivity index (χ1n) is 17.7. The number of hydrogen-bond acceptors (Lipinski definition) is 9. The quantitative estimate of drug-likeness (QED) is 0.0563. The molecule has 14 nitrogen and oxygen atoms in total. The number of nitrogens with zero attached hydrogens (tertiary/aromatic N) is 1. The van der Waals surface area contributed by atoms with E-state index in [2.05, 4.69) is 10.3 Å². The van der Waals surface area contributed by atoms with Gasteiger partial charge in [0.05, 0.1) is 6.61 Å². The molecule has 48 heavy (non-hydrogen) atoms. The van der Waals surface area contributed by atoms with E-state index in [-0.39, 0.29) is 18.9 Å². The zero-order valence-corrected chi connectivity index (χ0v) is 29.1. The number of aromatic amines is 1. The smallest absolute Gasteiger partial charge is 0.481 e. The number of aliphatic carboxylic acids is 1. The van der Waals surface area contributed by atoms with Crippen molar-refractivity contribution in [2.75, 3.05) is 19.8 Å². The number of aliphatic hydroxyl groups excluding tert-OH is 1. The van der Waals surface area contributed by atoms with E-state index in [9.17, 15) is 33.7 Å². The van der Waals surface area contributed by atoms with Crippen LogP contribution in [0.1, 0.15) is 135 Å². The van der Waals surface area contributed by atoms with Crippen LogP contribution in [-0.4, -0.2) is 74.6 Å². The predicted molar refractivity (Wildman–Crippen MR) is 180 cm³/mol. The summed E-state index contributed by atoms with van der Waals surface area (Å²) in [6, 6.07) is 1.14. The lowest BCUT2D eigenvalue weighted by Crippen LogP contribution is -2.40. The molecule has 0 spiro atoms. The molecule has 0 aliphatic carbocycles. The van der Waals surface area contributed by atoms with Gasteiger partial charge < -0.3 is 25.0 Å². The molecule has 5 N–H and O–H groups in total. The fourth-order valence-electron chi connectivity index (χ4n) is 5.91. The SMILES string of the molecule is O=C(O)CCCCCCCCCCCCCCCCC(=O)NCCCCCCOC1C(O[P+](=O)O)C(CO)OC1n1ccc(=O)[nH]c1=O. The average Bonchev–Trinajstić information content (AvgIpc) is 3.37. The molecule has 0 saturated carbocycles. The monoisotopic (exact) mass is 702 g/mol. The first kappa shape index (κ1) is 41.7. The number of rotatable bonds is 29. The van der Waals surface area contributed by atoms with Gasteiger partial charge in [-0.2, -0.15) is 0 Å². The third-order valence-electron chi connectivity index (χ3n) is 8.55. The number of ether oxygens (including phenoxy) is 2. The summed E-state index contributed by atoms with van der Waals surface area (Å²) in [5.74, 6) is -0.618. The molecule has 1 amide bonds. The Morgan fingerprint density at radius 2 is 1.38 bits per heavy atom. The van der Waals surface area contributed by atoms with Gasteiger partial charge in [-0.25, -0.2) is 4.79 Å². The third kappa shape index (κ3) is 17.8. The first-order chi connectivity index (χ1) is 23.2. The number of amides is 1. The molecular weight excluding hydrogens is 645 g/mol. The van der Waals surface area contributed by atoms with Crippen molar-refractivity contribution in [3.8, 4) is 0 Å². The Morgan fingerprint density at radius 3 is 1.92 bits per heavy atom. The van der Waals surface area contributed by atoms with Crippen molar-refractivity contribution in [3.05, 3.63) is 33.1 Å². The van der Waals surface area contributed by atoms with Gasteiger partial charge in [0, 0.05) is 42.8 Å². The molecule has 5 atom stereocenters. The molecule has 1 aliphatic rings. The number of H-pyrrole nitrogens is 1. The molecule has 1 aromatic heterocycles. The number of carbonyl (C=O) groups is 2. The van der Waals surface area contributed by atoms with E-state index in [1.807, 2.05) is 0 Å². The van der Waals surface area contributed by atoms with Gasteiger partial charge in [0.25, 0.3) is 5.56 Å². The normalized spacial score (nSPS) is 19.4. The largest absolute Gasteiger partial charge is 0.695 e. The van der Waals surface area contributed by atoms with E-state index in [0.717, 1.165) is 68.4 Å². The number of aromatic nitrogens is 2. The molecule has 2 rings (SSSR count). The molecule has 15 heteroatoms. The lowest BCUT2D eigenvalue weighted by atomic mass is 10.0. The second kappa shape index (κ2) is 25.5. The number of carbonyl (C=O) groups excluding carboxylic acids is 1. The summed E-state index contributed by atoms with van der Waals surface area (Å²) in [5.41, 5.74) is -1.34. The average molecular weight is 703 g/mol. The van der Waals surface area contributed by atoms with Gasteiger partial charge >= 0.3 is 19.9 Å². The zero-order valence-electron chi connectivity index (χ0n) is 28.2. The van der Waals surface area contributed by atoms with Crippen LogP contribution in [0.2, 0.25) is 0 Å². The number of aliphatic hydroxyl groups is 1. The van der Waals surface area contributed by atoms with Crippen molar-refractivity contribution in [2.45, 2.75) is 153 Å². The number of unbranched alkanes of at least 4 members (excludes halogenated alkanes) is 16. The van der Waals surface area contributed by atoms with Crippen molar-refractivity contribution < 1.29 is 43.3 Å². The molecule has 1 fully saturated rings. The molecule has 2 heterocycles. The fraction of sp³-hybridized carbons (Fsp3) is 0.818. The Bertz CT molecular complexity index is 1180.